The lowest BCUT2D eigenvalue weighted by atomic mass is 9.94. The van der Waals surface area contributed by atoms with Crippen molar-refractivity contribution in [3.8, 4) is 17.4 Å². The Morgan fingerprint density at radius 2 is 1.87 bits per heavy atom. The van der Waals surface area contributed by atoms with Crippen molar-refractivity contribution in [3.05, 3.63) is 95.6 Å². The normalized spacial score (nSPS) is 21.3. The zero-order chi connectivity index (χ0) is 21.0. The van der Waals surface area contributed by atoms with Crippen molar-refractivity contribution in [2.24, 2.45) is 4.99 Å². The Labute approximate surface area is 179 Å². The van der Waals surface area contributed by atoms with Crippen LogP contribution in [0.4, 0.5) is 0 Å². The number of hydrogen-bond donors (Lipinski definition) is 1. The van der Waals surface area contributed by atoms with Gasteiger partial charge in [0.1, 0.15) is 28.7 Å². The lowest BCUT2D eigenvalue weighted by molar-refractivity contribution is 0.162. The van der Waals surface area contributed by atoms with Gasteiger partial charge in [0, 0.05) is 23.4 Å². The molecule has 0 bridgehead atoms. The van der Waals surface area contributed by atoms with Crippen LogP contribution in [0.2, 0.25) is 0 Å². The number of phenolic OH excluding ortho intramolecular Hbond substituents is 1. The van der Waals surface area contributed by atoms with Crippen molar-refractivity contribution in [1.82, 2.24) is 4.98 Å². The Balaban J connectivity index is 1.31. The van der Waals surface area contributed by atoms with Gasteiger partial charge in [-0.1, -0.05) is 42.5 Å². The maximum Gasteiger partial charge on any atom is 0.219 e. The van der Waals surface area contributed by atoms with Crippen LogP contribution >= 0.6 is 0 Å². The molecule has 0 saturated heterocycles. The summed E-state index contributed by atoms with van der Waals surface area (Å²) in [6, 6.07) is 25.1. The maximum absolute atomic E-state index is 10.1. The summed E-state index contributed by atoms with van der Waals surface area (Å²) in [5.41, 5.74) is 3.57. The van der Waals surface area contributed by atoms with E-state index in [1.54, 1.807) is 18.2 Å². The van der Waals surface area contributed by atoms with Crippen molar-refractivity contribution < 1.29 is 14.6 Å². The summed E-state index contributed by atoms with van der Waals surface area (Å²) >= 11 is 0. The third kappa shape index (κ3) is 2.85. The van der Waals surface area contributed by atoms with E-state index in [-0.39, 0.29) is 17.4 Å². The predicted octanol–water partition coefficient (Wildman–Crippen LogP) is 5.35. The van der Waals surface area contributed by atoms with Crippen LogP contribution in [-0.4, -0.2) is 22.1 Å². The van der Waals surface area contributed by atoms with Gasteiger partial charge in [-0.25, -0.2) is 9.98 Å². The zero-order valence-electron chi connectivity index (χ0n) is 16.9. The van der Waals surface area contributed by atoms with Gasteiger partial charge in [0.25, 0.3) is 0 Å². The van der Waals surface area contributed by atoms with E-state index in [0.717, 1.165) is 17.4 Å². The van der Waals surface area contributed by atoms with E-state index in [1.807, 2.05) is 36.4 Å². The summed E-state index contributed by atoms with van der Waals surface area (Å²) in [5.74, 6) is 1.81. The number of fused-ring (bicyclic) bond motifs is 4. The number of aromatic hydroxyl groups is 1. The van der Waals surface area contributed by atoms with Crippen molar-refractivity contribution in [3.63, 3.8) is 0 Å². The highest BCUT2D eigenvalue weighted by Gasteiger charge is 2.49. The number of hydrogen-bond acceptors (Lipinski definition) is 5. The smallest absolute Gasteiger partial charge is 0.219 e. The molecule has 0 fully saturated rings. The average Bonchev–Trinajstić information content (AvgIpc) is 3.25. The van der Waals surface area contributed by atoms with Crippen LogP contribution in [0.1, 0.15) is 23.6 Å². The summed E-state index contributed by atoms with van der Waals surface area (Å²) in [5, 5.41) is 10.9. The third-order valence-electron chi connectivity index (χ3n) is 6.16. The molecule has 0 amide bonds. The fourth-order valence-electron chi connectivity index (χ4n) is 4.54. The SMILES string of the molecule is C[C@@]12N=C(c3cccc(Oc4ccc5cccc(O)c5n4)c3)O[C@@H]1Cc1ccccc12. The average molecular weight is 408 g/mol. The number of rotatable bonds is 3. The molecule has 0 unspecified atom stereocenters. The molecule has 5 nitrogen and oxygen atoms in total. The predicted molar refractivity (Wildman–Crippen MR) is 119 cm³/mol. The molecule has 1 aliphatic heterocycles. The number of ether oxygens (including phenoxy) is 2. The van der Waals surface area contributed by atoms with E-state index in [2.05, 4.69) is 36.2 Å². The molecule has 152 valence electrons. The molecule has 1 aromatic heterocycles. The van der Waals surface area contributed by atoms with Gasteiger partial charge in [-0.05, 0) is 48.4 Å². The number of phenols is 1. The Morgan fingerprint density at radius 1 is 1.00 bits per heavy atom. The van der Waals surface area contributed by atoms with Gasteiger partial charge in [0.2, 0.25) is 11.8 Å². The highest BCUT2D eigenvalue weighted by atomic mass is 16.5. The van der Waals surface area contributed by atoms with Crippen LogP contribution in [0.15, 0.2) is 83.9 Å². The van der Waals surface area contributed by atoms with Crippen molar-refractivity contribution >= 4 is 16.8 Å². The first-order chi connectivity index (χ1) is 15.1. The first kappa shape index (κ1) is 18.0. The van der Waals surface area contributed by atoms with Gasteiger partial charge in [0.05, 0.1) is 0 Å². The van der Waals surface area contributed by atoms with E-state index in [9.17, 15) is 5.11 Å². The lowest BCUT2D eigenvalue weighted by Gasteiger charge is -2.20. The fraction of sp³-hybridized carbons (Fsp3) is 0.154. The molecule has 2 atom stereocenters. The quantitative estimate of drug-likeness (QED) is 0.496. The number of aliphatic imine (C=N–C) groups is 1. The molecular formula is C26H20N2O3. The van der Waals surface area contributed by atoms with E-state index in [4.69, 9.17) is 14.5 Å². The largest absolute Gasteiger partial charge is 0.506 e. The zero-order valence-corrected chi connectivity index (χ0v) is 16.9. The Morgan fingerprint density at radius 3 is 2.81 bits per heavy atom. The summed E-state index contributed by atoms with van der Waals surface area (Å²) in [4.78, 5) is 9.43. The molecule has 6 rings (SSSR count). The van der Waals surface area contributed by atoms with Gasteiger partial charge in [-0.15, -0.1) is 0 Å². The van der Waals surface area contributed by atoms with E-state index in [1.165, 1.54) is 11.1 Å². The molecule has 0 spiro atoms. The number of pyridine rings is 1. The molecule has 3 aromatic carbocycles. The van der Waals surface area contributed by atoms with Gasteiger partial charge in [-0.2, -0.15) is 0 Å². The van der Waals surface area contributed by atoms with E-state index < -0.39 is 0 Å². The Hall–Kier alpha value is -3.86. The molecule has 0 radical (unpaired) electrons. The minimum absolute atomic E-state index is 0.00889. The number of para-hydroxylation sites is 1. The Kier molecular flexibility index (Phi) is 3.81. The molecule has 1 N–H and O–H groups in total. The van der Waals surface area contributed by atoms with Gasteiger partial charge in [0.15, 0.2) is 0 Å². The molecule has 2 heterocycles. The highest BCUT2D eigenvalue weighted by molar-refractivity contribution is 5.96. The minimum atomic E-state index is -0.361. The van der Waals surface area contributed by atoms with Crippen LogP contribution in [0.3, 0.4) is 0 Å². The van der Waals surface area contributed by atoms with Crippen LogP contribution in [0, 0.1) is 0 Å². The Bertz CT molecular complexity index is 1360. The summed E-state index contributed by atoms with van der Waals surface area (Å²) in [6.07, 6.45) is 0.870. The first-order valence-corrected chi connectivity index (χ1v) is 10.3. The second kappa shape index (κ2) is 6.57. The van der Waals surface area contributed by atoms with Gasteiger partial charge >= 0.3 is 0 Å². The van der Waals surface area contributed by atoms with Crippen LogP contribution in [0.25, 0.3) is 10.9 Å². The number of benzene rings is 3. The number of nitrogens with zero attached hydrogens (tertiary/aromatic N) is 2. The van der Waals surface area contributed by atoms with Gasteiger partial charge in [-0.3, -0.25) is 0 Å². The molecule has 1 aliphatic carbocycles. The molecule has 4 aromatic rings. The van der Waals surface area contributed by atoms with Crippen LogP contribution in [-0.2, 0) is 16.7 Å². The second-order valence-corrected chi connectivity index (χ2v) is 8.16. The molecule has 0 saturated carbocycles. The molecular weight excluding hydrogens is 388 g/mol. The third-order valence-corrected chi connectivity index (χ3v) is 6.16. The fourth-order valence-corrected chi connectivity index (χ4v) is 4.54. The summed E-state index contributed by atoms with van der Waals surface area (Å²) in [6.45, 7) is 2.14. The maximum atomic E-state index is 10.1. The van der Waals surface area contributed by atoms with Crippen molar-refractivity contribution in [1.29, 1.82) is 0 Å². The van der Waals surface area contributed by atoms with E-state index >= 15 is 0 Å². The van der Waals surface area contributed by atoms with Crippen molar-refractivity contribution in [2.45, 2.75) is 25.0 Å². The summed E-state index contributed by atoms with van der Waals surface area (Å²) in [7, 11) is 0. The van der Waals surface area contributed by atoms with Crippen LogP contribution in [0.5, 0.6) is 17.4 Å². The second-order valence-electron chi connectivity index (χ2n) is 8.16. The molecule has 5 heteroatoms. The van der Waals surface area contributed by atoms with Gasteiger partial charge < -0.3 is 14.6 Å². The monoisotopic (exact) mass is 408 g/mol. The summed E-state index contributed by atoms with van der Waals surface area (Å²) < 4.78 is 12.3. The molecule has 31 heavy (non-hydrogen) atoms. The number of aromatic nitrogens is 1. The molecule has 2 aliphatic rings. The highest BCUT2D eigenvalue weighted by Crippen LogP contribution is 2.46. The topological polar surface area (TPSA) is 63.9 Å². The lowest BCUT2D eigenvalue weighted by Crippen LogP contribution is -2.27. The first-order valence-electron chi connectivity index (χ1n) is 10.3. The minimum Gasteiger partial charge on any atom is -0.506 e. The standard InChI is InChI=1S/C26H20N2O3/c1-26-20-10-3-2-6-17(20)15-22(26)31-25(28-26)18-8-4-9-19(14-18)30-23-13-12-16-7-5-11-21(29)24(16)27-23/h2-14,22,29H,15H2,1H3/t22-,26+/m1/s1. The van der Waals surface area contributed by atoms with E-state index in [0.29, 0.717) is 23.0 Å². The van der Waals surface area contributed by atoms with Crippen molar-refractivity contribution in [2.75, 3.05) is 0 Å². The van der Waals surface area contributed by atoms with Crippen LogP contribution < -0.4 is 4.74 Å².